The third-order valence-corrected chi connectivity index (χ3v) is 3.50. The summed E-state index contributed by atoms with van der Waals surface area (Å²) >= 11 is 0. The van der Waals surface area contributed by atoms with Gasteiger partial charge in [0.25, 0.3) is 0 Å². The summed E-state index contributed by atoms with van der Waals surface area (Å²) in [6.07, 6.45) is 0.902. The van der Waals surface area contributed by atoms with Crippen LogP contribution >= 0.6 is 0 Å². The molecule has 1 N–H and O–H groups in total. The van der Waals surface area contributed by atoms with Crippen LogP contribution in [0, 0.1) is 6.92 Å². The molecule has 0 aliphatic rings. The smallest absolute Gasteiger partial charge is 0.339 e. The van der Waals surface area contributed by atoms with Gasteiger partial charge in [-0.1, -0.05) is 11.6 Å². The first kappa shape index (κ1) is 16.2. The SMILES string of the molecule is COC(=O)c1cc(C)ccc1NC(=O)CCS(C)(=O)=O. The van der Waals surface area contributed by atoms with Gasteiger partial charge in [0.15, 0.2) is 0 Å². The summed E-state index contributed by atoms with van der Waals surface area (Å²) in [6, 6.07) is 4.91. The second-order valence-corrected chi connectivity index (χ2v) is 6.73. The molecule has 0 aromatic heterocycles. The Bertz CT molecular complexity index is 622. The highest BCUT2D eigenvalue weighted by atomic mass is 32.2. The Kier molecular flexibility index (Phi) is 5.26. The number of methoxy groups -OCH3 is 1. The number of amides is 1. The summed E-state index contributed by atoms with van der Waals surface area (Å²) in [7, 11) is -1.95. The molecule has 0 aliphatic heterocycles. The van der Waals surface area contributed by atoms with Crippen molar-refractivity contribution in [3.8, 4) is 0 Å². The number of aryl methyl sites for hydroxylation is 1. The number of nitrogens with one attached hydrogen (secondary N) is 1. The molecular formula is C13H17NO5S. The summed E-state index contributed by atoms with van der Waals surface area (Å²) in [5.41, 5.74) is 1.39. The molecule has 0 aliphatic carbocycles. The lowest BCUT2D eigenvalue weighted by molar-refractivity contribution is -0.115. The number of benzene rings is 1. The summed E-state index contributed by atoms with van der Waals surface area (Å²) in [5.74, 6) is -1.27. The molecule has 110 valence electrons. The van der Waals surface area contributed by atoms with Crippen LogP contribution in [0.5, 0.6) is 0 Å². The van der Waals surface area contributed by atoms with Gasteiger partial charge in [-0.2, -0.15) is 0 Å². The predicted molar refractivity (Wildman–Crippen MR) is 75.5 cm³/mol. The lowest BCUT2D eigenvalue weighted by atomic mass is 10.1. The van der Waals surface area contributed by atoms with Gasteiger partial charge in [-0.05, 0) is 19.1 Å². The van der Waals surface area contributed by atoms with E-state index >= 15 is 0 Å². The fraction of sp³-hybridized carbons (Fsp3) is 0.385. The molecule has 1 aromatic rings. The summed E-state index contributed by atoms with van der Waals surface area (Å²) < 4.78 is 26.6. The number of carbonyl (C=O) groups is 2. The normalized spacial score (nSPS) is 10.9. The molecule has 7 heteroatoms. The molecule has 0 spiro atoms. The Morgan fingerprint density at radius 3 is 2.50 bits per heavy atom. The number of rotatable bonds is 5. The summed E-state index contributed by atoms with van der Waals surface area (Å²) in [6.45, 7) is 1.81. The molecule has 1 rings (SSSR count). The van der Waals surface area contributed by atoms with E-state index in [0.717, 1.165) is 11.8 Å². The van der Waals surface area contributed by atoms with E-state index in [1.807, 2.05) is 6.92 Å². The maximum Gasteiger partial charge on any atom is 0.339 e. The van der Waals surface area contributed by atoms with Crippen molar-refractivity contribution in [3.05, 3.63) is 29.3 Å². The molecule has 1 aromatic carbocycles. The zero-order chi connectivity index (χ0) is 15.3. The number of sulfone groups is 1. The maximum atomic E-state index is 11.7. The largest absolute Gasteiger partial charge is 0.465 e. The second-order valence-electron chi connectivity index (χ2n) is 4.47. The van der Waals surface area contributed by atoms with Crippen LogP contribution < -0.4 is 5.32 Å². The number of hydrogen-bond acceptors (Lipinski definition) is 5. The van der Waals surface area contributed by atoms with Crippen LogP contribution in [0.25, 0.3) is 0 Å². The molecule has 0 fully saturated rings. The van der Waals surface area contributed by atoms with Gasteiger partial charge < -0.3 is 10.1 Å². The van der Waals surface area contributed by atoms with Crippen LogP contribution in [0.1, 0.15) is 22.3 Å². The molecule has 0 saturated carbocycles. The Hall–Kier alpha value is -1.89. The van der Waals surface area contributed by atoms with Crippen molar-refractivity contribution < 1.29 is 22.7 Å². The van der Waals surface area contributed by atoms with E-state index in [4.69, 9.17) is 0 Å². The molecular weight excluding hydrogens is 282 g/mol. The molecule has 6 nitrogen and oxygen atoms in total. The van der Waals surface area contributed by atoms with Gasteiger partial charge in [0.1, 0.15) is 9.84 Å². The van der Waals surface area contributed by atoms with Crippen molar-refractivity contribution >= 4 is 27.4 Å². The second kappa shape index (κ2) is 6.51. The van der Waals surface area contributed by atoms with E-state index in [1.54, 1.807) is 18.2 Å². The van der Waals surface area contributed by atoms with Crippen LogP contribution in [-0.4, -0.2) is 39.4 Å². The van der Waals surface area contributed by atoms with Crippen LogP contribution in [0.3, 0.4) is 0 Å². The van der Waals surface area contributed by atoms with Gasteiger partial charge >= 0.3 is 5.97 Å². The monoisotopic (exact) mass is 299 g/mol. The van der Waals surface area contributed by atoms with Crippen LogP contribution in [0.2, 0.25) is 0 Å². The van der Waals surface area contributed by atoms with Gasteiger partial charge in [-0.15, -0.1) is 0 Å². The van der Waals surface area contributed by atoms with Crippen LogP contribution in [0.4, 0.5) is 5.69 Å². The highest BCUT2D eigenvalue weighted by molar-refractivity contribution is 7.90. The van der Waals surface area contributed by atoms with E-state index in [-0.39, 0.29) is 17.7 Å². The number of esters is 1. The summed E-state index contributed by atoms with van der Waals surface area (Å²) in [4.78, 5) is 23.3. The standard InChI is InChI=1S/C13H17NO5S/c1-9-4-5-11(10(8-9)13(16)19-2)14-12(15)6-7-20(3,17)18/h4-5,8H,6-7H2,1-3H3,(H,14,15). The lowest BCUT2D eigenvalue weighted by Crippen LogP contribution is -2.18. The Balaban J connectivity index is 2.87. The topological polar surface area (TPSA) is 89.5 Å². The zero-order valence-corrected chi connectivity index (χ0v) is 12.4. The summed E-state index contributed by atoms with van der Waals surface area (Å²) in [5, 5.41) is 2.52. The van der Waals surface area contributed by atoms with E-state index in [9.17, 15) is 18.0 Å². The van der Waals surface area contributed by atoms with Gasteiger partial charge in [0.2, 0.25) is 5.91 Å². The Morgan fingerprint density at radius 2 is 1.95 bits per heavy atom. The molecule has 0 bridgehead atoms. The minimum absolute atomic E-state index is 0.159. The third kappa shape index (κ3) is 5.00. The highest BCUT2D eigenvalue weighted by Crippen LogP contribution is 2.18. The molecule has 0 atom stereocenters. The molecule has 1 amide bonds. The number of anilines is 1. The lowest BCUT2D eigenvalue weighted by Gasteiger charge is -2.10. The molecule has 0 unspecified atom stereocenters. The third-order valence-electron chi connectivity index (χ3n) is 2.55. The van der Waals surface area contributed by atoms with Crippen molar-refractivity contribution in [1.29, 1.82) is 0 Å². The minimum atomic E-state index is -3.20. The van der Waals surface area contributed by atoms with Gasteiger partial charge in [-0.3, -0.25) is 4.79 Å². The Morgan fingerprint density at radius 1 is 1.30 bits per heavy atom. The van der Waals surface area contributed by atoms with E-state index < -0.39 is 21.7 Å². The fourth-order valence-corrected chi connectivity index (χ4v) is 2.09. The zero-order valence-electron chi connectivity index (χ0n) is 11.6. The first-order valence-electron chi connectivity index (χ1n) is 5.89. The molecule has 0 radical (unpaired) electrons. The van der Waals surface area contributed by atoms with Gasteiger partial charge in [0, 0.05) is 12.7 Å². The average Bonchev–Trinajstić information content (AvgIpc) is 2.37. The Labute approximate surface area is 118 Å². The van der Waals surface area contributed by atoms with E-state index in [0.29, 0.717) is 5.69 Å². The van der Waals surface area contributed by atoms with Crippen LogP contribution in [0.15, 0.2) is 18.2 Å². The number of hydrogen-bond donors (Lipinski definition) is 1. The first-order chi connectivity index (χ1) is 9.23. The number of ether oxygens (including phenoxy) is 1. The minimum Gasteiger partial charge on any atom is -0.465 e. The molecule has 20 heavy (non-hydrogen) atoms. The van der Waals surface area contributed by atoms with Gasteiger partial charge in [-0.25, -0.2) is 13.2 Å². The van der Waals surface area contributed by atoms with Crippen molar-refractivity contribution in [3.63, 3.8) is 0 Å². The maximum absolute atomic E-state index is 11.7. The van der Waals surface area contributed by atoms with Crippen LogP contribution in [-0.2, 0) is 19.4 Å². The van der Waals surface area contributed by atoms with Crippen molar-refractivity contribution in [2.24, 2.45) is 0 Å². The average molecular weight is 299 g/mol. The van der Waals surface area contributed by atoms with E-state index in [2.05, 4.69) is 10.1 Å². The van der Waals surface area contributed by atoms with E-state index in [1.165, 1.54) is 7.11 Å². The molecule has 0 saturated heterocycles. The molecule has 0 heterocycles. The van der Waals surface area contributed by atoms with Gasteiger partial charge in [0.05, 0.1) is 24.1 Å². The fourth-order valence-electron chi connectivity index (χ4n) is 1.54. The quantitative estimate of drug-likeness (QED) is 0.824. The highest BCUT2D eigenvalue weighted by Gasteiger charge is 2.15. The van der Waals surface area contributed by atoms with Crippen molar-refractivity contribution in [1.82, 2.24) is 0 Å². The van der Waals surface area contributed by atoms with Crippen molar-refractivity contribution in [2.45, 2.75) is 13.3 Å². The van der Waals surface area contributed by atoms with Crippen molar-refractivity contribution in [2.75, 3.05) is 24.4 Å². The predicted octanol–water partition coefficient (Wildman–Crippen LogP) is 1.15. The first-order valence-corrected chi connectivity index (χ1v) is 7.95. The number of carbonyl (C=O) groups excluding carboxylic acids is 2.